The molecular weight excluding hydrogens is 599 g/mol. The van der Waals surface area contributed by atoms with Gasteiger partial charge in [-0.2, -0.15) is 0 Å². The van der Waals surface area contributed by atoms with E-state index < -0.39 is 0 Å². The quantitative estimate of drug-likeness (QED) is 0.141. The average Bonchev–Trinajstić information content (AvgIpc) is 3.41. The van der Waals surface area contributed by atoms with Crippen molar-refractivity contribution in [2.75, 3.05) is 6.61 Å². The lowest BCUT2D eigenvalue weighted by atomic mass is 9.86. The van der Waals surface area contributed by atoms with Crippen LogP contribution in [0.15, 0.2) is 121 Å². The van der Waals surface area contributed by atoms with Crippen molar-refractivity contribution in [1.29, 1.82) is 0 Å². The lowest BCUT2D eigenvalue weighted by molar-refractivity contribution is -0.143. The Labute approximate surface area is 280 Å². The average molecular weight is 639 g/mol. The molecule has 5 aromatic carbocycles. The number of halogens is 1. The van der Waals surface area contributed by atoms with Crippen LogP contribution < -0.4 is 0 Å². The number of amides is 1. The molecule has 1 aliphatic carbocycles. The van der Waals surface area contributed by atoms with Gasteiger partial charge in [0.1, 0.15) is 12.4 Å². The summed E-state index contributed by atoms with van der Waals surface area (Å²) in [6.07, 6.45) is 2.28. The fraction of sp³-hybridized carbons (Fsp3) is 0.238. The predicted molar refractivity (Wildman–Crippen MR) is 188 cm³/mol. The second-order valence-electron chi connectivity index (χ2n) is 12.6. The first-order valence-electron chi connectivity index (χ1n) is 16.8. The number of esters is 1. The highest BCUT2D eigenvalue weighted by atomic mass is 19.1. The number of fused-ring (bicyclic) bond motifs is 4. The van der Waals surface area contributed by atoms with E-state index in [1.54, 1.807) is 19.1 Å². The molecule has 0 bridgehead atoms. The second-order valence-corrected chi connectivity index (χ2v) is 12.6. The summed E-state index contributed by atoms with van der Waals surface area (Å²) < 4.78 is 22.0. The third-order valence-electron chi connectivity index (χ3n) is 9.76. The van der Waals surface area contributed by atoms with Crippen LogP contribution in [0.1, 0.15) is 53.6 Å². The standard InChI is InChI=1S/C42H39FN2O3/c1-2-48-42(47)28-45-39-22-20-33(43)24-37(39)38-25-34(21-23-40(38)45)44(27-32-18-11-17-29-16-9-10-19-35(29)32)41(46)26-36(30-12-5-3-6-13-30)31-14-7-4-8-15-31/h3-20,22,24,34,36H,2,21,23,25-28H2,1H3/t34-/m0/s1. The Morgan fingerprint density at radius 2 is 1.54 bits per heavy atom. The fourth-order valence-electron chi connectivity index (χ4n) is 7.51. The smallest absolute Gasteiger partial charge is 0.325 e. The normalized spacial score (nSPS) is 14.3. The van der Waals surface area contributed by atoms with Crippen molar-refractivity contribution >= 4 is 33.6 Å². The van der Waals surface area contributed by atoms with Gasteiger partial charge in [0.2, 0.25) is 5.91 Å². The van der Waals surface area contributed by atoms with Gasteiger partial charge in [0.25, 0.3) is 0 Å². The maximum atomic E-state index is 14.8. The van der Waals surface area contributed by atoms with E-state index in [4.69, 9.17) is 4.74 Å². The topological polar surface area (TPSA) is 51.5 Å². The molecule has 0 aliphatic heterocycles. The number of nitrogens with zero attached hydrogens (tertiary/aromatic N) is 2. The molecule has 0 saturated heterocycles. The molecule has 242 valence electrons. The van der Waals surface area contributed by atoms with Gasteiger partial charge in [-0.15, -0.1) is 0 Å². The third kappa shape index (κ3) is 6.35. The monoisotopic (exact) mass is 638 g/mol. The highest BCUT2D eigenvalue weighted by Gasteiger charge is 2.33. The van der Waals surface area contributed by atoms with Gasteiger partial charge in [0, 0.05) is 41.5 Å². The Kier molecular flexibility index (Phi) is 9.06. The van der Waals surface area contributed by atoms with E-state index in [1.165, 1.54) is 6.07 Å². The summed E-state index contributed by atoms with van der Waals surface area (Å²) in [5.41, 5.74) is 6.14. The summed E-state index contributed by atoms with van der Waals surface area (Å²) >= 11 is 0. The first-order valence-corrected chi connectivity index (χ1v) is 16.8. The van der Waals surface area contributed by atoms with E-state index in [1.807, 2.05) is 53.1 Å². The number of carbonyl (C=O) groups is 2. The molecular formula is C42H39FN2O3. The van der Waals surface area contributed by atoms with Gasteiger partial charge in [0.15, 0.2) is 0 Å². The Morgan fingerprint density at radius 3 is 2.27 bits per heavy atom. The van der Waals surface area contributed by atoms with Crippen LogP contribution in [0.4, 0.5) is 4.39 Å². The summed E-state index contributed by atoms with van der Waals surface area (Å²) in [7, 11) is 0. The lowest BCUT2D eigenvalue weighted by Crippen LogP contribution is -2.43. The first kappa shape index (κ1) is 31.4. The molecule has 1 aromatic heterocycles. The second kappa shape index (κ2) is 13.9. The summed E-state index contributed by atoms with van der Waals surface area (Å²) in [6.45, 7) is 2.63. The summed E-state index contributed by atoms with van der Waals surface area (Å²) in [4.78, 5) is 29.5. The zero-order valence-corrected chi connectivity index (χ0v) is 27.1. The molecule has 0 radical (unpaired) electrons. The summed E-state index contributed by atoms with van der Waals surface area (Å²) in [6, 6.07) is 39.7. The molecule has 0 spiro atoms. The molecule has 1 atom stereocenters. The predicted octanol–water partition coefficient (Wildman–Crippen LogP) is 8.61. The van der Waals surface area contributed by atoms with E-state index in [0.717, 1.165) is 56.0 Å². The number of carbonyl (C=O) groups excluding carboxylic acids is 2. The Bertz CT molecular complexity index is 2030. The Hall–Kier alpha value is -5.23. The van der Waals surface area contributed by atoms with Gasteiger partial charge in [-0.05, 0) is 77.4 Å². The van der Waals surface area contributed by atoms with Gasteiger partial charge in [-0.25, -0.2) is 4.39 Å². The van der Waals surface area contributed by atoms with Crippen molar-refractivity contribution in [2.45, 2.75) is 57.7 Å². The zero-order valence-electron chi connectivity index (χ0n) is 27.1. The van der Waals surface area contributed by atoms with E-state index in [0.29, 0.717) is 32.4 Å². The van der Waals surface area contributed by atoms with Crippen LogP contribution in [0.25, 0.3) is 21.7 Å². The van der Waals surface area contributed by atoms with E-state index in [9.17, 15) is 14.0 Å². The van der Waals surface area contributed by atoms with E-state index >= 15 is 0 Å². The molecule has 7 rings (SSSR count). The molecule has 0 N–H and O–H groups in total. The molecule has 0 fully saturated rings. The van der Waals surface area contributed by atoms with Crippen LogP contribution in [0.5, 0.6) is 0 Å². The van der Waals surface area contributed by atoms with Crippen molar-refractivity contribution in [3.8, 4) is 0 Å². The molecule has 1 heterocycles. The molecule has 48 heavy (non-hydrogen) atoms. The largest absolute Gasteiger partial charge is 0.465 e. The van der Waals surface area contributed by atoms with Gasteiger partial charge in [0.05, 0.1) is 6.61 Å². The summed E-state index contributed by atoms with van der Waals surface area (Å²) in [5, 5.41) is 3.06. The van der Waals surface area contributed by atoms with Crippen molar-refractivity contribution in [2.24, 2.45) is 0 Å². The molecule has 5 nitrogen and oxygen atoms in total. The first-order chi connectivity index (χ1) is 23.5. The van der Waals surface area contributed by atoms with Crippen molar-refractivity contribution in [1.82, 2.24) is 9.47 Å². The van der Waals surface area contributed by atoms with Crippen LogP contribution in [0.3, 0.4) is 0 Å². The minimum atomic E-state index is -0.321. The molecule has 1 amide bonds. The third-order valence-corrected chi connectivity index (χ3v) is 9.76. The van der Waals surface area contributed by atoms with Crippen LogP contribution in [-0.2, 0) is 40.3 Å². The van der Waals surface area contributed by atoms with Crippen LogP contribution >= 0.6 is 0 Å². The number of benzene rings is 5. The molecule has 6 aromatic rings. The van der Waals surface area contributed by atoms with E-state index in [2.05, 4.69) is 59.5 Å². The van der Waals surface area contributed by atoms with Crippen molar-refractivity contribution in [3.63, 3.8) is 0 Å². The van der Waals surface area contributed by atoms with Crippen LogP contribution in [0.2, 0.25) is 0 Å². The van der Waals surface area contributed by atoms with Crippen molar-refractivity contribution in [3.05, 3.63) is 155 Å². The van der Waals surface area contributed by atoms with Crippen LogP contribution in [-0.4, -0.2) is 34.0 Å². The number of hydrogen-bond donors (Lipinski definition) is 0. The molecule has 0 saturated carbocycles. The Balaban J connectivity index is 1.28. The maximum Gasteiger partial charge on any atom is 0.325 e. The molecule has 0 unspecified atom stereocenters. The van der Waals surface area contributed by atoms with E-state index in [-0.39, 0.29) is 36.2 Å². The van der Waals surface area contributed by atoms with Gasteiger partial charge in [-0.1, -0.05) is 103 Å². The number of aromatic nitrogens is 1. The molecule has 1 aliphatic rings. The number of rotatable bonds is 10. The fourth-order valence-corrected chi connectivity index (χ4v) is 7.51. The van der Waals surface area contributed by atoms with Crippen LogP contribution in [0, 0.1) is 5.82 Å². The highest BCUT2D eigenvalue weighted by molar-refractivity contribution is 5.88. The highest BCUT2D eigenvalue weighted by Crippen LogP contribution is 2.37. The zero-order chi connectivity index (χ0) is 33.0. The van der Waals surface area contributed by atoms with Gasteiger partial charge < -0.3 is 14.2 Å². The minimum Gasteiger partial charge on any atom is -0.465 e. The summed E-state index contributed by atoms with van der Waals surface area (Å²) in [5.74, 6) is -0.660. The minimum absolute atomic E-state index is 0.0739. The molecule has 6 heteroatoms. The maximum absolute atomic E-state index is 14.8. The Morgan fingerprint density at radius 1 is 0.854 bits per heavy atom. The SMILES string of the molecule is CCOC(=O)Cn1c2c(c3cc(F)ccc31)C[C@@H](N(Cc1cccc3ccccc13)C(=O)CC(c1ccccc1)c1ccccc1)CC2. The number of hydrogen-bond acceptors (Lipinski definition) is 3. The van der Waals surface area contributed by atoms with Gasteiger partial charge >= 0.3 is 5.97 Å². The van der Waals surface area contributed by atoms with Crippen molar-refractivity contribution < 1.29 is 18.7 Å². The lowest BCUT2D eigenvalue weighted by Gasteiger charge is -2.36. The van der Waals surface area contributed by atoms with Gasteiger partial charge in [-0.3, -0.25) is 9.59 Å². The number of ether oxygens (including phenoxy) is 1.